The standard InChI is InChI=1S/C18H24N4O4.ClH/c23-16-12-19-7-8-21(16)9-10-22-15(11-20-18(22)26)14-4-1-13(2-5-14)3-6-17(24)25;/h1-2,4-5,15,19H,3,6-12H2,(H,20,26)(H,24,25);1H. The Kier molecular flexibility index (Phi) is 7.44. The Morgan fingerprint density at radius 3 is 2.59 bits per heavy atom. The highest BCUT2D eigenvalue weighted by atomic mass is 35.5. The van der Waals surface area contributed by atoms with E-state index >= 15 is 0 Å². The monoisotopic (exact) mass is 396 g/mol. The summed E-state index contributed by atoms with van der Waals surface area (Å²) in [5.41, 5.74) is 1.97. The number of aryl methyl sites for hydroxylation is 1. The number of halogens is 1. The van der Waals surface area contributed by atoms with Gasteiger partial charge in [-0.1, -0.05) is 24.3 Å². The topological polar surface area (TPSA) is 102 Å². The second kappa shape index (κ2) is 9.57. The number of nitrogens with zero attached hydrogens (tertiary/aromatic N) is 2. The van der Waals surface area contributed by atoms with Crippen LogP contribution in [0.4, 0.5) is 4.79 Å². The van der Waals surface area contributed by atoms with Gasteiger partial charge in [-0.2, -0.15) is 0 Å². The number of carbonyl (C=O) groups excluding carboxylic acids is 2. The van der Waals surface area contributed by atoms with Gasteiger partial charge in [-0.05, 0) is 17.5 Å². The molecular weight excluding hydrogens is 372 g/mol. The molecule has 1 aromatic rings. The van der Waals surface area contributed by atoms with E-state index in [0.29, 0.717) is 39.1 Å². The molecule has 27 heavy (non-hydrogen) atoms. The molecular formula is C18H25ClN4O4. The molecule has 1 aromatic carbocycles. The molecule has 1 unspecified atom stereocenters. The van der Waals surface area contributed by atoms with Crippen molar-refractivity contribution in [3.8, 4) is 0 Å². The van der Waals surface area contributed by atoms with Gasteiger partial charge in [0, 0.05) is 39.1 Å². The lowest BCUT2D eigenvalue weighted by molar-refractivity contribution is -0.137. The number of amides is 3. The van der Waals surface area contributed by atoms with Crippen molar-refractivity contribution in [2.24, 2.45) is 0 Å². The van der Waals surface area contributed by atoms with Gasteiger partial charge in [-0.15, -0.1) is 12.4 Å². The minimum absolute atomic E-state index is 0. The lowest BCUT2D eigenvalue weighted by atomic mass is 10.0. The number of carbonyl (C=O) groups is 3. The van der Waals surface area contributed by atoms with E-state index in [2.05, 4.69) is 10.6 Å². The smallest absolute Gasteiger partial charge is 0.318 e. The molecule has 2 aliphatic heterocycles. The molecule has 8 nitrogen and oxygen atoms in total. The van der Waals surface area contributed by atoms with Crippen LogP contribution in [-0.4, -0.2) is 72.1 Å². The summed E-state index contributed by atoms with van der Waals surface area (Å²) in [6.45, 7) is 3.34. The number of hydrogen-bond acceptors (Lipinski definition) is 4. The maximum atomic E-state index is 12.2. The molecule has 0 radical (unpaired) electrons. The van der Waals surface area contributed by atoms with E-state index in [1.165, 1.54) is 0 Å². The minimum atomic E-state index is -0.812. The summed E-state index contributed by atoms with van der Waals surface area (Å²) in [4.78, 5) is 38.3. The van der Waals surface area contributed by atoms with Crippen LogP contribution in [0.3, 0.4) is 0 Å². The molecule has 0 aliphatic carbocycles. The quantitative estimate of drug-likeness (QED) is 0.627. The van der Waals surface area contributed by atoms with E-state index in [9.17, 15) is 14.4 Å². The Morgan fingerprint density at radius 1 is 1.19 bits per heavy atom. The third-order valence-corrected chi connectivity index (χ3v) is 4.87. The predicted molar refractivity (Wildman–Crippen MR) is 102 cm³/mol. The van der Waals surface area contributed by atoms with Gasteiger partial charge in [0.2, 0.25) is 5.91 Å². The van der Waals surface area contributed by atoms with Crippen molar-refractivity contribution in [1.82, 2.24) is 20.4 Å². The van der Waals surface area contributed by atoms with Crippen molar-refractivity contribution in [2.45, 2.75) is 18.9 Å². The lowest BCUT2D eigenvalue weighted by Gasteiger charge is -2.30. The molecule has 2 saturated heterocycles. The first-order valence-electron chi connectivity index (χ1n) is 8.88. The molecule has 0 saturated carbocycles. The predicted octanol–water partition coefficient (Wildman–Crippen LogP) is 0.624. The molecule has 148 valence electrons. The summed E-state index contributed by atoms with van der Waals surface area (Å²) in [7, 11) is 0. The second-order valence-corrected chi connectivity index (χ2v) is 6.59. The summed E-state index contributed by atoms with van der Waals surface area (Å²) >= 11 is 0. The summed E-state index contributed by atoms with van der Waals surface area (Å²) in [6.07, 6.45) is 0.597. The normalized spacial score (nSPS) is 19.6. The molecule has 0 aromatic heterocycles. The molecule has 2 fully saturated rings. The first-order valence-corrected chi connectivity index (χ1v) is 8.88. The van der Waals surface area contributed by atoms with Crippen LogP contribution in [0.15, 0.2) is 24.3 Å². The maximum Gasteiger partial charge on any atom is 0.318 e. The number of hydrogen-bond donors (Lipinski definition) is 3. The van der Waals surface area contributed by atoms with Gasteiger partial charge in [0.1, 0.15) is 0 Å². The van der Waals surface area contributed by atoms with E-state index in [1.807, 2.05) is 24.3 Å². The van der Waals surface area contributed by atoms with Crippen LogP contribution in [0.2, 0.25) is 0 Å². The van der Waals surface area contributed by atoms with Gasteiger partial charge in [-0.25, -0.2) is 4.79 Å². The molecule has 1 atom stereocenters. The Bertz CT molecular complexity index is 682. The van der Waals surface area contributed by atoms with E-state index < -0.39 is 5.97 Å². The molecule has 2 heterocycles. The Balaban J connectivity index is 0.00000261. The van der Waals surface area contributed by atoms with Gasteiger partial charge in [0.15, 0.2) is 0 Å². The summed E-state index contributed by atoms with van der Waals surface area (Å²) < 4.78 is 0. The van der Waals surface area contributed by atoms with E-state index in [4.69, 9.17) is 5.11 Å². The molecule has 0 bridgehead atoms. The zero-order chi connectivity index (χ0) is 18.5. The van der Waals surface area contributed by atoms with Crippen LogP contribution in [0.1, 0.15) is 23.6 Å². The van der Waals surface area contributed by atoms with E-state index in [1.54, 1.807) is 9.80 Å². The van der Waals surface area contributed by atoms with Crippen LogP contribution in [-0.2, 0) is 16.0 Å². The molecule has 0 spiro atoms. The number of aliphatic carboxylic acids is 1. The molecule has 3 amide bonds. The van der Waals surface area contributed by atoms with Crippen LogP contribution in [0, 0.1) is 0 Å². The van der Waals surface area contributed by atoms with Gasteiger partial charge in [-0.3, -0.25) is 9.59 Å². The molecule has 3 N–H and O–H groups in total. The third-order valence-electron chi connectivity index (χ3n) is 4.87. The summed E-state index contributed by atoms with van der Waals surface area (Å²) in [6, 6.07) is 7.54. The molecule has 2 aliphatic rings. The van der Waals surface area contributed by atoms with E-state index in [0.717, 1.165) is 17.7 Å². The lowest BCUT2D eigenvalue weighted by Crippen LogP contribution is -2.50. The van der Waals surface area contributed by atoms with Crippen molar-refractivity contribution < 1.29 is 19.5 Å². The highest BCUT2D eigenvalue weighted by molar-refractivity contribution is 5.85. The average molecular weight is 397 g/mol. The number of nitrogens with one attached hydrogen (secondary N) is 2. The largest absolute Gasteiger partial charge is 0.481 e. The van der Waals surface area contributed by atoms with Crippen LogP contribution >= 0.6 is 12.4 Å². The summed E-state index contributed by atoms with van der Waals surface area (Å²) in [5, 5.41) is 14.7. The average Bonchev–Trinajstić information content (AvgIpc) is 3.00. The Labute approximate surface area is 164 Å². The van der Waals surface area contributed by atoms with Crippen molar-refractivity contribution >= 4 is 30.3 Å². The fourth-order valence-corrected chi connectivity index (χ4v) is 3.36. The SMILES string of the molecule is Cl.O=C(O)CCc1ccc(C2CNC(=O)N2CCN2CCNCC2=O)cc1. The highest BCUT2D eigenvalue weighted by Gasteiger charge is 2.32. The Hall–Kier alpha value is -2.32. The number of benzene rings is 1. The van der Waals surface area contributed by atoms with Crippen LogP contribution < -0.4 is 10.6 Å². The summed E-state index contributed by atoms with van der Waals surface area (Å²) in [5.74, 6) is -0.747. The van der Waals surface area contributed by atoms with Crippen molar-refractivity contribution in [2.75, 3.05) is 39.3 Å². The van der Waals surface area contributed by atoms with Gasteiger partial charge in [0.05, 0.1) is 12.6 Å². The number of carboxylic acids is 1. The molecule has 9 heteroatoms. The molecule has 3 rings (SSSR count). The van der Waals surface area contributed by atoms with Crippen molar-refractivity contribution in [3.05, 3.63) is 35.4 Å². The number of urea groups is 1. The van der Waals surface area contributed by atoms with E-state index in [-0.39, 0.29) is 36.8 Å². The van der Waals surface area contributed by atoms with Crippen molar-refractivity contribution in [1.29, 1.82) is 0 Å². The van der Waals surface area contributed by atoms with Gasteiger partial charge < -0.3 is 25.5 Å². The first-order chi connectivity index (χ1) is 12.5. The van der Waals surface area contributed by atoms with Crippen LogP contribution in [0.5, 0.6) is 0 Å². The van der Waals surface area contributed by atoms with Crippen molar-refractivity contribution in [3.63, 3.8) is 0 Å². The second-order valence-electron chi connectivity index (χ2n) is 6.59. The zero-order valence-electron chi connectivity index (χ0n) is 15.0. The van der Waals surface area contributed by atoms with Gasteiger partial charge in [0.25, 0.3) is 0 Å². The number of piperazine rings is 1. The minimum Gasteiger partial charge on any atom is -0.481 e. The number of rotatable bonds is 7. The first kappa shape index (κ1) is 21.0. The van der Waals surface area contributed by atoms with Gasteiger partial charge >= 0.3 is 12.0 Å². The fraction of sp³-hybridized carbons (Fsp3) is 0.500. The fourth-order valence-electron chi connectivity index (χ4n) is 3.36. The third kappa shape index (κ3) is 5.33. The number of carboxylic acid groups (broad SMARTS) is 1. The Morgan fingerprint density at radius 2 is 1.93 bits per heavy atom. The van der Waals surface area contributed by atoms with Crippen LogP contribution in [0.25, 0.3) is 0 Å². The maximum absolute atomic E-state index is 12.2. The zero-order valence-corrected chi connectivity index (χ0v) is 15.8. The highest BCUT2D eigenvalue weighted by Crippen LogP contribution is 2.25.